The van der Waals surface area contributed by atoms with Crippen LogP contribution < -0.4 is 4.90 Å². The molecule has 2 saturated heterocycles. The summed E-state index contributed by atoms with van der Waals surface area (Å²) >= 11 is 1.47. The molecule has 160 valence electrons. The summed E-state index contributed by atoms with van der Waals surface area (Å²) in [6.07, 6.45) is 1.46. The topological polar surface area (TPSA) is 53.1 Å². The van der Waals surface area contributed by atoms with Crippen molar-refractivity contribution in [3.63, 3.8) is 0 Å². The number of benzene rings is 1. The number of carbonyl (C=O) groups excluding carboxylic acids is 2. The molecular formula is C23H29N3O3S. The Kier molecular flexibility index (Phi) is 6.69. The molecule has 0 radical (unpaired) electrons. The van der Waals surface area contributed by atoms with Crippen molar-refractivity contribution >= 4 is 28.8 Å². The van der Waals surface area contributed by atoms with E-state index in [4.69, 9.17) is 4.74 Å². The van der Waals surface area contributed by atoms with Gasteiger partial charge in [-0.3, -0.25) is 9.59 Å². The minimum atomic E-state index is -0.0158. The number of hydrogen-bond acceptors (Lipinski definition) is 5. The lowest BCUT2D eigenvalue weighted by atomic mass is 9.95. The Morgan fingerprint density at radius 2 is 1.80 bits per heavy atom. The average Bonchev–Trinajstić information content (AvgIpc) is 3.34. The van der Waals surface area contributed by atoms with Crippen LogP contribution in [0.25, 0.3) is 0 Å². The number of anilines is 1. The van der Waals surface area contributed by atoms with Crippen LogP contribution in [-0.2, 0) is 16.1 Å². The number of hydrogen-bond donors (Lipinski definition) is 0. The average molecular weight is 428 g/mol. The second-order valence-corrected chi connectivity index (χ2v) is 8.91. The Hall–Kier alpha value is -2.38. The van der Waals surface area contributed by atoms with Gasteiger partial charge in [0.05, 0.1) is 18.1 Å². The van der Waals surface area contributed by atoms with Crippen molar-refractivity contribution in [3.05, 3.63) is 52.2 Å². The molecule has 6 nitrogen and oxygen atoms in total. The Morgan fingerprint density at radius 3 is 2.50 bits per heavy atom. The summed E-state index contributed by atoms with van der Waals surface area (Å²) in [5.74, 6) is 0.247. The maximum atomic E-state index is 13.1. The number of carbonyl (C=O) groups is 2. The molecule has 0 spiro atoms. The Labute approximate surface area is 182 Å². The highest BCUT2D eigenvalue weighted by Crippen LogP contribution is 2.26. The zero-order valence-electron chi connectivity index (χ0n) is 17.5. The summed E-state index contributed by atoms with van der Waals surface area (Å²) in [4.78, 5) is 32.5. The fraction of sp³-hybridized carbons (Fsp3) is 0.478. The third-order valence-corrected chi connectivity index (χ3v) is 6.85. The fourth-order valence-corrected chi connectivity index (χ4v) is 4.98. The van der Waals surface area contributed by atoms with Crippen LogP contribution in [0.15, 0.2) is 41.8 Å². The molecule has 7 heteroatoms. The molecule has 3 heterocycles. The van der Waals surface area contributed by atoms with Crippen LogP contribution in [0.3, 0.4) is 0 Å². The molecule has 0 aliphatic carbocycles. The van der Waals surface area contributed by atoms with Crippen LogP contribution >= 0.6 is 11.3 Å². The van der Waals surface area contributed by atoms with E-state index in [9.17, 15) is 9.59 Å². The van der Waals surface area contributed by atoms with E-state index in [-0.39, 0.29) is 17.7 Å². The predicted octanol–water partition coefficient (Wildman–Crippen LogP) is 3.10. The molecule has 0 atom stereocenters. The van der Waals surface area contributed by atoms with Crippen LogP contribution in [-0.4, -0.2) is 68.1 Å². The van der Waals surface area contributed by atoms with Gasteiger partial charge in [-0.1, -0.05) is 24.3 Å². The van der Waals surface area contributed by atoms with E-state index in [1.807, 2.05) is 40.4 Å². The summed E-state index contributed by atoms with van der Waals surface area (Å²) in [6, 6.07) is 12.1. The van der Waals surface area contributed by atoms with Crippen molar-refractivity contribution in [1.82, 2.24) is 9.80 Å². The largest absolute Gasteiger partial charge is 0.378 e. The third kappa shape index (κ3) is 4.68. The van der Waals surface area contributed by atoms with Crippen LogP contribution in [0, 0.1) is 5.92 Å². The van der Waals surface area contributed by atoms with Crippen molar-refractivity contribution in [2.75, 3.05) is 51.3 Å². The monoisotopic (exact) mass is 427 g/mol. The van der Waals surface area contributed by atoms with E-state index >= 15 is 0 Å². The van der Waals surface area contributed by atoms with Crippen LogP contribution in [0.1, 0.15) is 28.1 Å². The molecule has 2 aliphatic rings. The lowest BCUT2D eigenvalue weighted by molar-refractivity contribution is -0.136. The molecule has 0 N–H and O–H groups in total. The summed E-state index contributed by atoms with van der Waals surface area (Å²) in [5, 5.41) is 1.92. The quantitative estimate of drug-likeness (QED) is 0.736. The zero-order chi connectivity index (χ0) is 20.9. The Bertz CT molecular complexity index is 856. The van der Waals surface area contributed by atoms with Gasteiger partial charge < -0.3 is 19.4 Å². The maximum absolute atomic E-state index is 13.1. The van der Waals surface area contributed by atoms with Crippen LogP contribution in [0.2, 0.25) is 0 Å². The zero-order valence-corrected chi connectivity index (χ0v) is 18.3. The van der Waals surface area contributed by atoms with Gasteiger partial charge in [0, 0.05) is 51.4 Å². The van der Waals surface area contributed by atoms with E-state index in [2.05, 4.69) is 23.1 Å². The molecule has 1 aromatic heterocycles. The first-order valence-electron chi connectivity index (χ1n) is 10.6. The highest BCUT2D eigenvalue weighted by Gasteiger charge is 2.30. The lowest BCUT2D eigenvalue weighted by Crippen LogP contribution is -2.43. The van der Waals surface area contributed by atoms with E-state index in [0.717, 1.165) is 44.0 Å². The van der Waals surface area contributed by atoms with Crippen molar-refractivity contribution in [2.24, 2.45) is 5.92 Å². The first-order chi connectivity index (χ1) is 14.6. The molecule has 0 unspecified atom stereocenters. The van der Waals surface area contributed by atoms with Gasteiger partial charge >= 0.3 is 0 Å². The summed E-state index contributed by atoms with van der Waals surface area (Å²) in [5.41, 5.74) is 2.36. The molecule has 2 amide bonds. The van der Waals surface area contributed by atoms with Gasteiger partial charge in [0.1, 0.15) is 0 Å². The number of rotatable bonds is 5. The molecule has 1 aromatic carbocycles. The van der Waals surface area contributed by atoms with Gasteiger partial charge in [-0.2, -0.15) is 0 Å². The lowest BCUT2D eigenvalue weighted by Gasteiger charge is -2.34. The van der Waals surface area contributed by atoms with E-state index in [1.54, 1.807) is 0 Å². The molecule has 30 heavy (non-hydrogen) atoms. The van der Waals surface area contributed by atoms with Crippen molar-refractivity contribution in [2.45, 2.75) is 19.4 Å². The number of ether oxygens (including phenoxy) is 1. The minimum Gasteiger partial charge on any atom is -0.378 e. The highest BCUT2D eigenvalue weighted by atomic mass is 32.1. The Morgan fingerprint density at radius 1 is 1.07 bits per heavy atom. The molecule has 2 aliphatic heterocycles. The number of amides is 2. The number of nitrogens with zero attached hydrogens (tertiary/aromatic N) is 3. The first kappa shape index (κ1) is 20.9. The SMILES string of the molecule is CN(Cc1ccccc1N1CCOCC1)C(=O)C1CCN(C(=O)c2cccs2)CC1. The van der Waals surface area contributed by atoms with Gasteiger partial charge in [-0.15, -0.1) is 11.3 Å². The summed E-state index contributed by atoms with van der Waals surface area (Å²) < 4.78 is 5.48. The van der Waals surface area contributed by atoms with Crippen molar-refractivity contribution < 1.29 is 14.3 Å². The van der Waals surface area contributed by atoms with Gasteiger partial charge in [-0.05, 0) is 35.9 Å². The van der Waals surface area contributed by atoms with Gasteiger partial charge in [0.2, 0.25) is 5.91 Å². The highest BCUT2D eigenvalue weighted by molar-refractivity contribution is 7.12. The number of likely N-dealkylation sites (tertiary alicyclic amines) is 1. The smallest absolute Gasteiger partial charge is 0.263 e. The second kappa shape index (κ2) is 9.62. The maximum Gasteiger partial charge on any atom is 0.263 e. The summed E-state index contributed by atoms with van der Waals surface area (Å²) in [6.45, 7) is 5.13. The summed E-state index contributed by atoms with van der Waals surface area (Å²) in [7, 11) is 1.89. The Balaban J connectivity index is 1.34. The van der Waals surface area contributed by atoms with E-state index in [1.165, 1.54) is 22.6 Å². The molecular weight excluding hydrogens is 398 g/mol. The molecule has 2 fully saturated rings. The second-order valence-electron chi connectivity index (χ2n) is 7.97. The van der Waals surface area contributed by atoms with Crippen molar-refractivity contribution in [3.8, 4) is 0 Å². The molecule has 0 bridgehead atoms. The normalized spacial score (nSPS) is 17.8. The standard InChI is InChI=1S/C23H29N3O3S/c1-24(17-19-5-2-3-6-20(19)25-12-14-29-15-13-25)22(27)18-8-10-26(11-9-18)23(28)21-7-4-16-30-21/h2-7,16,18H,8-15,17H2,1H3. The van der Waals surface area contributed by atoms with Crippen LogP contribution in [0.5, 0.6) is 0 Å². The van der Waals surface area contributed by atoms with Gasteiger partial charge in [-0.25, -0.2) is 0 Å². The molecule has 0 saturated carbocycles. The number of para-hydroxylation sites is 1. The molecule has 4 rings (SSSR count). The third-order valence-electron chi connectivity index (χ3n) is 5.99. The van der Waals surface area contributed by atoms with E-state index < -0.39 is 0 Å². The van der Waals surface area contributed by atoms with Crippen LogP contribution in [0.4, 0.5) is 5.69 Å². The fourth-order valence-electron chi connectivity index (χ4n) is 4.29. The number of piperidine rings is 1. The van der Waals surface area contributed by atoms with Gasteiger partial charge in [0.25, 0.3) is 5.91 Å². The predicted molar refractivity (Wildman–Crippen MR) is 119 cm³/mol. The minimum absolute atomic E-state index is 0.0158. The van der Waals surface area contributed by atoms with Gasteiger partial charge in [0.15, 0.2) is 0 Å². The number of morpholine rings is 1. The number of thiophene rings is 1. The molecule has 2 aromatic rings. The first-order valence-corrected chi connectivity index (χ1v) is 11.5. The van der Waals surface area contributed by atoms with Crippen molar-refractivity contribution in [1.29, 1.82) is 0 Å². The van der Waals surface area contributed by atoms with E-state index in [0.29, 0.717) is 19.6 Å².